The number of hydrogen-bond donors (Lipinski definition) is 1. The summed E-state index contributed by atoms with van der Waals surface area (Å²) >= 11 is 0. The number of benzene rings is 3. The predicted octanol–water partition coefficient (Wildman–Crippen LogP) is 4.14. The summed E-state index contributed by atoms with van der Waals surface area (Å²) < 4.78 is 17.0. The van der Waals surface area contributed by atoms with Gasteiger partial charge in [0.15, 0.2) is 11.5 Å². The van der Waals surface area contributed by atoms with Crippen LogP contribution in [-0.4, -0.2) is 45.2 Å². The van der Waals surface area contributed by atoms with Gasteiger partial charge in [0.05, 0.1) is 7.11 Å². The molecule has 0 saturated carbocycles. The van der Waals surface area contributed by atoms with Crippen LogP contribution in [0.2, 0.25) is 0 Å². The topological polar surface area (TPSA) is 60.0 Å². The second-order valence-corrected chi connectivity index (χ2v) is 7.62. The van der Waals surface area contributed by atoms with Crippen LogP contribution in [0.15, 0.2) is 72.8 Å². The van der Waals surface area contributed by atoms with Crippen molar-refractivity contribution in [1.29, 1.82) is 0 Å². The molecule has 6 heteroatoms. The zero-order chi connectivity index (χ0) is 22.8. The van der Waals surface area contributed by atoms with Crippen LogP contribution in [0.1, 0.15) is 21.5 Å². The second kappa shape index (κ2) is 11.8. The second-order valence-electron chi connectivity index (χ2n) is 7.62. The summed E-state index contributed by atoms with van der Waals surface area (Å²) in [7, 11) is 5.58. The zero-order valence-electron chi connectivity index (χ0n) is 18.8. The molecule has 0 aliphatic carbocycles. The molecule has 0 saturated heterocycles. The van der Waals surface area contributed by atoms with Gasteiger partial charge in [0.1, 0.15) is 19.0 Å². The van der Waals surface area contributed by atoms with Crippen molar-refractivity contribution in [2.75, 3.05) is 34.4 Å². The minimum absolute atomic E-state index is 0.177. The molecule has 6 nitrogen and oxygen atoms in total. The minimum Gasteiger partial charge on any atom is -0.493 e. The maximum atomic E-state index is 12.6. The first-order chi connectivity index (χ1) is 15.5. The summed E-state index contributed by atoms with van der Waals surface area (Å²) in [5.74, 6) is 1.76. The monoisotopic (exact) mass is 434 g/mol. The van der Waals surface area contributed by atoms with E-state index in [0.717, 1.165) is 23.4 Å². The molecule has 32 heavy (non-hydrogen) atoms. The maximum absolute atomic E-state index is 12.6. The highest BCUT2D eigenvalue weighted by molar-refractivity contribution is 5.94. The molecule has 0 bridgehead atoms. The predicted molar refractivity (Wildman–Crippen MR) is 125 cm³/mol. The molecule has 3 aromatic rings. The van der Waals surface area contributed by atoms with Gasteiger partial charge in [-0.2, -0.15) is 0 Å². The molecule has 0 atom stereocenters. The molecule has 1 amide bonds. The molecule has 0 aliphatic heterocycles. The molecule has 0 aromatic heterocycles. The molecule has 0 aliphatic rings. The Balaban J connectivity index is 1.53. The third-order valence-corrected chi connectivity index (χ3v) is 4.85. The molecular weight excluding hydrogens is 404 g/mol. The highest BCUT2D eigenvalue weighted by Gasteiger charge is 2.11. The summed E-state index contributed by atoms with van der Waals surface area (Å²) in [4.78, 5) is 14.7. The first kappa shape index (κ1) is 23.2. The van der Waals surface area contributed by atoms with Crippen LogP contribution in [0.3, 0.4) is 0 Å². The third kappa shape index (κ3) is 7.03. The maximum Gasteiger partial charge on any atom is 0.251 e. The number of likely N-dealkylation sites (N-methyl/N-ethyl adjacent to an activating group) is 1. The van der Waals surface area contributed by atoms with Crippen molar-refractivity contribution in [2.24, 2.45) is 0 Å². The summed E-state index contributed by atoms with van der Waals surface area (Å²) in [5, 5.41) is 2.94. The standard InChI is InChI=1S/C26H30N2O4/c1-28(2)15-16-31-23-12-9-20(10-13-23)18-27-26(29)22-11-14-24(25(17-22)30-3)32-19-21-7-5-4-6-8-21/h4-14,17H,15-16,18-19H2,1-3H3,(H,27,29). The summed E-state index contributed by atoms with van der Waals surface area (Å²) in [6.45, 7) is 2.34. The van der Waals surface area contributed by atoms with E-state index in [9.17, 15) is 4.79 Å². The Bertz CT molecular complexity index is 988. The van der Waals surface area contributed by atoms with Gasteiger partial charge >= 0.3 is 0 Å². The molecule has 0 spiro atoms. The highest BCUT2D eigenvalue weighted by atomic mass is 16.5. The number of carbonyl (C=O) groups is 1. The van der Waals surface area contributed by atoms with Crippen molar-refractivity contribution < 1.29 is 19.0 Å². The van der Waals surface area contributed by atoms with Crippen LogP contribution >= 0.6 is 0 Å². The van der Waals surface area contributed by atoms with Gasteiger partial charge in [-0.15, -0.1) is 0 Å². The third-order valence-electron chi connectivity index (χ3n) is 4.85. The van der Waals surface area contributed by atoms with Gasteiger partial charge in [0.25, 0.3) is 5.91 Å². The number of amides is 1. The number of nitrogens with zero attached hydrogens (tertiary/aromatic N) is 1. The summed E-state index contributed by atoms with van der Waals surface area (Å²) in [6, 6.07) is 22.8. The summed E-state index contributed by atoms with van der Waals surface area (Å²) in [6.07, 6.45) is 0. The van der Waals surface area contributed by atoms with Crippen molar-refractivity contribution in [3.8, 4) is 17.2 Å². The quantitative estimate of drug-likeness (QED) is 0.491. The van der Waals surface area contributed by atoms with Crippen molar-refractivity contribution in [3.05, 3.63) is 89.5 Å². The smallest absolute Gasteiger partial charge is 0.251 e. The van der Waals surface area contributed by atoms with E-state index < -0.39 is 0 Å². The number of ether oxygens (including phenoxy) is 3. The Morgan fingerprint density at radius 1 is 0.875 bits per heavy atom. The average Bonchev–Trinajstić information content (AvgIpc) is 2.82. The number of nitrogens with one attached hydrogen (secondary N) is 1. The molecule has 0 radical (unpaired) electrons. The van der Waals surface area contributed by atoms with Crippen LogP contribution < -0.4 is 19.5 Å². The van der Waals surface area contributed by atoms with Gasteiger partial charge in [-0.1, -0.05) is 42.5 Å². The van der Waals surface area contributed by atoms with E-state index in [2.05, 4.69) is 10.2 Å². The highest BCUT2D eigenvalue weighted by Crippen LogP contribution is 2.29. The SMILES string of the molecule is COc1cc(C(=O)NCc2ccc(OCCN(C)C)cc2)ccc1OCc1ccccc1. The van der Waals surface area contributed by atoms with Crippen LogP contribution in [0.5, 0.6) is 17.2 Å². The van der Waals surface area contributed by atoms with E-state index in [-0.39, 0.29) is 5.91 Å². The molecular formula is C26H30N2O4. The number of carbonyl (C=O) groups excluding carboxylic acids is 1. The Hall–Kier alpha value is -3.51. The van der Waals surface area contributed by atoms with E-state index >= 15 is 0 Å². The van der Waals surface area contributed by atoms with Crippen molar-refractivity contribution in [1.82, 2.24) is 10.2 Å². The van der Waals surface area contributed by atoms with E-state index in [1.807, 2.05) is 68.7 Å². The van der Waals surface area contributed by atoms with E-state index in [4.69, 9.17) is 14.2 Å². The zero-order valence-corrected chi connectivity index (χ0v) is 18.8. The fourth-order valence-corrected chi connectivity index (χ4v) is 3.00. The molecule has 0 fully saturated rings. The van der Waals surface area contributed by atoms with Gasteiger partial charge in [-0.25, -0.2) is 0 Å². The minimum atomic E-state index is -0.177. The van der Waals surface area contributed by atoms with Crippen molar-refractivity contribution >= 4 is 5.91 Å². The number of methoxy groups -OCH3 is 1. The van der Waals surface area contributed by atoms with Crippen LogP contribution in [0.4, 0.5) is 0 Å². The lowest BCUT2D eigenvalue weighted by Gasteiger charge is -2.13. The van der Waals surface area contributed by atoms with Gasteiger partial charge in [0, 0.05) is 18.7 Å². The Morgan fingerprint density at radius 3 is 2.31 bits per heavy atom. The fraction of sp³-hybridized carbons (Fsp3) is 0.269. The number of hydrogen-bond acceptors (Lipinski definition) is 5. The molecule has 0 heterocycles. The largest absolute Gasteiger partial charge is 0.493 e. The van der Waals surface area contributed by atoms with Crippen molar-refractivity contribution in [3.63, 3.8) is 0 Å². The Morgan fingerprint density at radius 2 is 1.62 bits per heavy atom. The van der Waals surface area contributed by atoms with Crippen molar-refractivity contribution in [2.45, 2.75) is 13.2 Å². The molecule has 1 N–H and O–H groups in total. The van der Waals surface area contributed by atoms with E-state index in [1.165, 1.54) is 0 Å². The molecule has 0 unspecified atom stereocenters. The molecule has 168 valence electrons. The lowest BCUT2D eigenvalue weighted by molar-refractivity contribution is 0.0950. The Labute approximate surface area is 189 Å². The Kier molecular flexibility index (Phi) is 8.52. The lowest BCUT2D eigenvalue weighted by atomic mass is 10.1. The van der Waals surface area contributed by atoms with E-state index in [1.54, 1.807) is 25.3 Å². The fourth-order valence-electron chi connectivity index (χ4n) is 3.00. The first-order valence-electron chi connectivity index (χ1n) is 10.5. The first-order valence-corrected chi connectivity index (χ1v) is 10.5. The van der Waals surface area contributed by atoms with Gasteiger partial charge in [-0.05, 0) is 55.6 Å². The van der Waals surface area contributed by atoms with Crippen LogP contribution in [0, 0.1) is 0 Å². The van der Waals surface area contributed by atoms with Crippen LogP contribution in [0.25, 0.3) is 0 Å². The molecule has 3 rings (SSSR count). The van der Waals surface area contributed by atoms with Crippen LogP contribution in [-0.2, 0) is 13.2 Å². The van der Waals surface area contributed by atoms with Gasteiger partial charge < -0.3 is 24.4 Å². The van der Waals surface area contributed by atoms with Gasteiger partial charge in [-0.3, -0.25) is 4.79 Å². The summed E-state index contributed by atoms with van der Waals surface area (Å²) in [5.41, 5.74) is 2.57. The lowest BCUT2D eigenvalue weighted by Crippen LogP contribution is -2.22. The van der Waals surface area contributed by atoms with Gasteiger partial charge in [0.2, 0.25) is 0 Å². The van der Waals surface area contributed by atoms with E-state index in [0.29, 0.717) is 36.8 Å². The molecule has 3 aromatic carbocycles. The average molecular weight is 435 g/mol. The number of rotatable bonds is 11. The normalized spacial score (nSPS) is 10.6.